The Morgan fingerprint density at radius 1 is 1.11 bits per heavy atom. The molecule has 7 heteroatoms. The zero-order valence-electron chi connectivity index (χ0n) is 16.8. The molecule has 1 N–H and O–H groups in total. The quantitative estimate of drug-likeness (QED) is 0.673. The first-order valence-electron chi connectivity index (χ1n) is 10.5. The molecule has 156 valence electrons. The van der Waals surface area contributed by atoms with Crippen molar-refractivity contribution in [3.05, 3.63) is 29.3 Å². The minimum Gasteiger partial charge on any atom is -0.351 e. The van der Waals surface area contributed by atoms with Gasteiger partial charge in [-0.3, -0.25) is 4.79 Å². The molecule has 1 amide bonds. The summed E-state index contributed by atoms with van der Waals surface area (Å²) in [4.78, 5) is 12.9. The standard InChI is InChI=1S/C21H32N2O3S2/c1-17-10-11-19(28(25,26)23-13-6-3-7-14-23)16-20(17)21(24)22-12-15-27-18-8-4-2-5-9-18/h10-11,16,18H,2-9,12-15H2,1H3,(H,22,24). The van der Waals surface area contributed by atoms with Crippen LogP contribution in [-0.2, 0) is 10.0 Å². The summed E-state index contributed by atoms with van der Waals surface area (Å²) in [6.45, 7) is 3.60. The summed E-state index contributed by atoms with van der Waals surface area (Å²) in [7, 11) is -3.53. The third kappa shape index (κ3) is 5.51. The Bertz CT molecular complexity index is 768. The fourth-order valence-electron chi connectivity index (χ4n) is 3.98. The van der Waals surface area contributed by atoms with Gasteiger partial charge < -0.3 is 5.32 Å². The maximum Gasteiger partial charge on any atom is 0.251 e. The fraction of sp³-hybridized carbons (Fsp3) is 0.667. The van der Waals surface area contributed by atoms with Gasteiger partial charge in [0.2, 0.25) is 10.0 Å². The van der Waals surface area contributed by atoms with Gasteiger partial charge in [0.1, 0.15) is 0 Å². The molecule has 28 heavy (non-hydrogen) atoms. The smallest absolute Gasteiger partial charge is 0.251 e. The van der Waals surface area contributed by atoms with E-state index in [-0.39, 0.29) is 10.8 Å². The topological polar surface area (TPSA) is 66.5 Å². The van der Waals surface area contributed by atoms with Gasteiger partial charge in [-0.05, 0) is 50.3 Å². The molecule has 0 bridgehead atoms. The minimum atomic E-state index is -3.53. The van der Waals surface area contributed by atoms with Gasteiger partial charge in [-0.2, -0.15) is 16.1 Å². The second kappa shape index (κ2) is 10.1. The number of hydrogen-bond donors (Lipinski definition) is 1. The van der Waals surface area contributed by atoms with Crippen LogP contribution < -0.4 is 5.32 Å². The van der Waals surface area contributed by atoms with E-state index in [1.54, 1.807) is 22.5 Å². The molecule has 0 spiro atoms. The van der Waals surface area contributed by atoms with Crippen LogP contribution in [0.15, 0.2) is 23.1 Å². The Balaban J connectivity index is 1.59. The predicted octanol–water partition coefficient (Wildman–Crippen LogP) is 3.97. The average molecular weight is 425 g/mol. The third-order valence-electron chi connectivity index (χ3n) is 5.70. The Morgan fingerprint density at radius 2 is 1.79 bits per heavy atom. The molecule has 0 unspecified atom stereocenters. The normalized spacial score (nSPS) is 19.5. The largest absolute Gasteiger partial charge is 0.351 e. The molecule has 5 nitrogen and oxygen atoms in total. The first kappa shape index (κ1) is 21.7. The number of nitrogens with one attached hydrogen (secondary N) is 1. The molecule has 2 fully saturated rings. The Labute approximate surface area is 173 Å². The second-order valence-electron chi connectivity index (χ2n) is 7.83. The van der Waals surface area contributed by atoms with Crippen LogP contribution in [0.2, 0.25) is 0 Å². The zero-order valence-corrected chi connectivity index (χ0v) is 18.4. The maximum absolute atomic E-state index is 12.9. The molecule has 3 rings (SSSR count). The lowest BCUT2D eigenvalue weighted by Crippen LogP contribution is -2.35. The van der Waals surface area contributed by atoms with Crippen molar-refractivity contribution in [1.82, 2.24) is 9.62 Å². The van der Waals surface area contributed by atoms with Crippen LogP contribution in [0.1, 0.15) is 67.3 Å². The molecule has 0 atom stereocenters. The molecule has 1 saturated carbocycles. The minimum absolute atomic E-state index is 0.183. The first-order chi connectivity index (χ1) is 13.5. The van der Waals surface area contributed by atoms with Gasteiger partial charge in [0.25, 0.3) is 5.91 Å². The molecule has 0 radical (unpaired) electrons. The predicted molar refractivity (Wildman–Crippen MR) is 115 cm³/mol. The van der Waals surface area contributed by atoms with Crippen LogP contribution in [-0.4, -0.2) is 49.3 Å². The van der Waals surface area contributed by atoms with Crippen molar-refractivity contribution in [3.8, 4) is 0 Å². The van der Waals surface area contributed by atoms with Crippen molar-refractivity contribution in [3.63, 3.8) is 0 Å². The van der Waals surface area contributed by atoms with E-state index in [9.17, 15) is 13.2 Å². The van der Waals surface area contributed by atoms with Crippen LogP contribution in [0, 0.1) is 6.92 Å². The van der Waals surface area contributed by atoms with Crippen molar-refractivity contribution < 1.29 is 13.2 Å². The number of rotatable bonds is 7. The van der Waals surface area contributed by atoms with E-state index < -0.39 is 10.0 Å². The van der Waals surface area contributed by atoms with Crippen molar-refractivity contribution in [1.29, 1.82) is 0 Å². The van der Waals surface area contributed by atoms with E-state index in [1.807, 2.05) is 18.7 Å². The lowest BCUT2D eigenvalue weighted by molar-refractivity contribution is 0.0955. The number of hydrogen-bond acceptors (Lipinski definition) is 4. The molecular weight excluding hydrogens is 392 g/mol. The number of carbonyl (C=O) groups excluding carboxylic acids is 1. The third-order valence-corrected chi connectivity index (χ3v) is 8.98. The Morgan fingerprint density at radius 3 is 2.50 bits per heavy atom. The summed E-state index contributed by atoms with van der Waals surface area (Å²) in [5.41, 5.74) is 1.26. The summed E-state index contributed by atoms with van der Waals surface area (Å²) < 4.78 is 27.3. The summed E-state index contributed by atoms with van der Waals surface area (Å²) in [6, 6.07) is 4.90. The summed E-state index contributed by atoms with van der Waals surface area (Å²) in [5, 5.41) is 3.70. The van der Waals surface area contributed by atoms with Gasteiger partial charge in [-0.25, -0.2) is 8.42 Å². The van der Waals surface area contributed by atoms with Gasteiger partial charge in [0, 0.05) is 36.2 Å². The number of amides is 1. The van der Waals surface area contributed by atoms with Crippen LogP contribution >= 0.6 is 11.8 Å². The van der Waals surface area contributed by atoms with Crippen molar-refractivity contribution in [2.24, 2.45) is 0 Å². The van der Waals surface area contributed by atoms with Gasteiger partial charge >= 0.3 is 0 Å². The number of nitrogens with zero attached hydrogens (tertiary/aromatic N) is 1. The summed E-state index contributed by atoms with van der Waals surface area (Å²) >= 11 is 1.95. The van der Waals surface area contributed by atoms with Gasteiger partial charge in [-0.15, -0.1) is 0 Å². The SMILES string of the molecule is Cc1ccc(S(=O)(=O)N2CCCCC2)cc1C(=O)NCCSC1CCCCC1. The van der Waals surface area contributed by atoms with Crippen LogP contribution in [0.3, 0.4) is 0 Å². The highest BCUT2D eigenvalue weighted by Gasteiger charge is 2.27. The van der Waals surface area contributed by atoms with E-state index in [4.69, 9.17) is 0 Å². The molecular formula is C21H32N2O3S2. The molecule has 1 aromatic rings. The number of aryl methyl sites for hydroxylation is 1. The average Bonchev–Trinajstić information content (AvgIpc) is 2.72. The highest BCUT2D eigenvalue weighted by molar-refractivity contribution is 7.99. The van der Waals surface area contributed by atoms with Gasteiger partial charge in [0.05, 0.1) is 4.90 Å². The lowest BCUT2D eigenvalue weighted by atomic mass is 10.0. The van der Waals surface area contributed by atoms with Crippen molar-refractivity contribution in [2.45, 2.75) is 68.4 Å². The highest BCUT2D eigenvalue weighted by Crippen LogP contribution is 2.28. The van der Waals surface area contributed by atoms with Crippen LogP contribution in [0.25, 0.3) is 0 Å². The van der Waals surface area contributed by atoms with E-state index in [2.05, 4.69) is 5.32 Å². The van der Waals surface area contributed by atoms with Gasteiger partial charge in [-0.1, -0.05) is 31.7 Å². The molecule has 1 aromatic carbocycles. The van der Waals surface area contributed by atoms with Gasteiger partial charge in [0.15, 0.2) is 0 Å². The van der Waals surface area contributed by atoms with Crippen molar-refractivity contribution >= 4 is 27.7 Å². The molecule has 2 aliphatic rings. The highest BCUT2D eigenvalue weighted by atomic mass is 32.2. The second-order valence-corrected chi connectivity index (χ2v) is 11.2. The Hall–Kier alpha value is -1.05. The van der Waals surface area contributed by atoms with E-state index >= 15 is 0 Å². The van der Waals surface area contributed by atoms with E-state index in [1.165, 1.54) is 32.1 Å². The number of carbonyl (C=O) groups is 1. The molecule has 1 aliphatic carbocycles. The number of sulfonamides is 1. The summed E-state index contributed by atoms with van der Waals surface area (Å²) in [6.07, 6.45) is 9.44. The van der Waals surface area contributed by atoms with Crippen LogP contribution in [0.4, 0.5) is 0 Å². The van der Waals surface area contributed by atoms with E-state index in [0.717, 1.165) is 35.8 Å². The number of piperidine rings is 1. The lowest BCUT2D eigenvalue weighted by Gasteiger charge is -2.26. The fourth-order valence-corrected chi connectivity index (χ4v) is 6.74. The first-order valence-corrected chi connectivity index (χ1v) is 13.0. The molecule has 1 aliphatic heterocycles. The maximum atomic E-state index is 12.9. The van der Waals surface area contributed by atoms with Crippen LogP contribution in [0.5, 0.6) is 0 Å². The molecule has 0 aromatic heterocycles. The number of benzene rings is 1. The monoisotopic (exact) mass is 424 g/mol. The molecule has 1 saturated heterocycles. The molecule has 1 heterocycles. The summed E-state index contributed by atoms with van der Waals surface area (Å²) in [5.74, 6) is 0.721. The zero-order chi connectivity index (χ0) is 20.0. The van der Waals surface area contributed by atoms with Crippen molar-refractivity contribution in [2.75, 3.05) is 25.4 Å². The Kier molecular flexibility index (Phi) is 7.83. The number of thioether (sulfide) groups is 1. The van der Waals surface area contributed by atoms with E-state index in [0.29, 0.717) is 25.2 Å².